The molecule has 0 spiro atoms. The van der Waals surface area contributed by atoms with Gasteiger partial charge in [0.15, 0.2) is 9.84 Å². The summed E-state index contributed by atoms with van der Waals surface area (Å²) in [5.74, 6) is -0.424. The second-order valence-electron chi connectivity index (χ2n) is 3.98. The first-order valence-electron chi connectivity index (χ1n) is 5.37. The van der Waals surface area contributed by atoms with Gasteiger partial charge in [0.05, 0.1) is 17.5 Å². The lowest BCUT2D eigenvalue weighted by atomic mass is 10.2. The minimum atomic E-state index is -3.16. The van der Waals surface area contributed by atoms with Crippen molar-refractivity contribution in [3.8, 4) is 0 Å². The number of sulfone groups is 1. The van der Waals surface area contributed by atoms with Crippen molar-refractivity contribution in [2.45, 2.75) is 12.6 Å². The van der Waals surface area contributed by atoms with Crippen molar-refractivity contribution < 1.29 is 13.2 Å². The lowest BCUT2D eigenvalue weighted by Crippen LogP contribution is -2.35. The Bertz CT molecular complexity index is 595. The van der Waals surface area contributed by atoms with E-state index in [-0.39, 0.29) is 18.2 Å². The van der Waals surface area contributed by atoms with Crippen LogP contribution in [0.15, 0.2) is 29.8 Å². The maximum atomic E-state index is 11.9. The molecule has 2 rings (SSSR count). The van der Waals surface area contributed by atoms with Crippen LogP contribution in [-0.2, 0) is 16.4 Å². The van der Waals surface area contributed by atoms with E-state index < -0.39 is 15.9 Å². The Balaban J connectivity index is 2.06. The van der Waals surface area contributed by atoms with Gasteiger partial charge in [0.25, 0.3) is 5.91 Å². The third-order valence-electron chi connectivity index (χ3n) is 2.53. The first-order valence-corrected chi connectivity index (χ1v) is 7.08. The minimum Gasteiger partial charge on any atom is -0.345 e. The van der Waals surface area contributed by atoms with Crippen LogP contribution in [0.5, 0.6) is 0 Å². The number of pyridine rings is 1. The molecule has 0 bridgehead atoms. The van der Waals surface area contributed by atoms with E-state index in [0.29, 0.717) is 11.3 Å². The molecule has 0 saturated carbocycles. The smallest absolute Gasteiger partial charge is 0.251 e. The van der Waals surface area contributed by atoms with Gasteiger partial charge in [0, 0.05) is 23.7 Å². The van der Waals surface area contributed by atoms with Crippen molar-refractivity contribution >= 4 is 15.7 Å². The lowest BCUT2D eigenvalue weighted by molar-refractivity contribution is 0.0947. The van der Waals surface area contributed by atoms with Crippen molar-refractivity contribution in [1.82, 2.24) is 10.3 Å². The van der Waals surface area contributed by atoms with Crippen LogP contribution in [0.3, 0.4) is 0 Å². The van der Waals surface area contributed by atoms with Gasteiger partial charge in [-0.2, -0.15) is 0 Å². The second kappa shape index (κ2) is 4.87. The molecular weight excluding hydrogens is 254 g/mol. The number of nitrogens with zero attached hydrogens (tertiary/aromatic N) is 1. The van der Waals surface area contributed by atoms with Gasteiger partial charge in [-0.25, -0.2) is 8.42 Å². The molecule has 96 valence electrons. The summed E-state index contributed by atoms with van der Waals surface area (Å²) in [6, 6.07) is 2.67. The molecule has 1 aliphatic heterocycles. The molecule has 6 nitrogen and oxygen atoms in total. The second-order valence-corrected chi connectivity index (χ2v) is 5.91. The third kappa shape index (κ3) is 2.93. The number of hydrogen-bond donors (Lipinski definition) is 2. The first-order chi connectivity index (χ1) is 8.50. The van der Waals surface area contributed by atoms with Crippen molar-refractivity contribution in [1.29, 1.82) is 0 Å². The monoisotopic (exact) mass is 267 g/mol. The molecule has 0 saturated heterocycles. The summed E-state index contributed by atoms with van der Waals surface area (Å²) in [6.45, 7) is 0.249. The number of nitrogens with one attached hydrogen (secondary N) is 1. The fraction of sp³-hybridized carbons (Fsp3) is 0.273. The molecule has 1 aliphatic rings. The van der Waals surface area contributed by atoms with E-state index in [2.05, 4.69) is 10.3 Å². The normalized spacial score (nSPS) is 20.8. The Kier molecular flexibility index (Phi) is 3.44. The number of carbonyl (C=O) groups is 1. The summed E-state index contributed by atoms with van der Waals surface area (Å²) in [4.78, 5) is 15.9. The molecular formula is C11H13N3O3S. The zero-order valence-electron chi connectivity index (χ0n) is 9.54. The topological polar surface area (TPSA) is 102 Å². The highest BCUT2D eigenvalue weighted by atomic mass is 32.2. The fourth-order valence-electron chi connectivity index (χ4n) is 1.65. The van der Waals surface area contributed by atoms with Crippen molar-refractivity contribution in [2.24, 2.45) is 5.73 Å². The molecule has 0 aromatic carbocycles. The van der Waals surface area contributed by atoms with Crippen molar-refractivity contribution in [2.75, 3.05) is 5.75 Å². The van der Waals surface area contributed by atoms with Gasteiger partial charge >= 0.3 is 0 Å². The number of hydrogen-bond acceptors (Lipinski definition) is 5. The Morgan fingerprint density at radius 1 is 1.56 bits per heavy atom. The summed E-state index contributed by atoms with van der Waals surface area (Å²) >= 11 is 0. The molecule has 3 N–H and O–H groups in total. The molecule has 0 fully saturated rings. The van der Waals surface area contributed by atoms with Crippen LogP contribution in [0.4, 0.5) is 0 Å². The summed E-state index contributed by atoms with van der Waals surface area (Å²) in [6.07, 6.45) is 2.97. The third-order valence-corrected chi connectivity index (χ3v) is 3.93. The molecule has 0 radical (unpaired) electrons. The number of rotatable bonds is 3. The predicted octanol–water partition coefficient (Wildman–Crippen LogP) is -0.419. The SMILES string of the molecule is NCc1cc(C(=O)NC2C=CS(=O)(=O)C2)ccn1. The fourth-order valence-corrected chi connectivity index (χ4v) is 2.88. The van der Waals surface area contributed by atoms with Crippen LogP contribution in [0.1, 0.15) is 16.1 Å². The molecule has 0 aliphatic carbocycles. The van der Waals surface area contributed by atoms with Crippen molar-refractivity contribution in [3.63, 3.8) is 0 Å². The minimum absolute atomic E-state index is 0.0897. The van der Waals surface area contributed by atoms with Gasteiger partial charge in [-0.1, -0.05) is 0 Å². The highest BCUT2D eigenvalue weighted by Gasteiger charge is 2.23. The van der Waals surface area contributed by atoms with E-state index in [1.165, 1.54) is 12.3 Å². The summed E-state index contributed by atoms with van der Waals surface area (Å²) in [5, 5.41) is 3.75. The zero-order valence-corrected chi connectivity index (χ0v) is 10.4. The predicted molar refractivity (Wildman–Crippen MR) is 66.3 cm³/mol. The largest absolute Gasteiger partial charge is 0.345 e. The summed E-state index contributed by atoms with van der Waals surface area (Å²) in [7, 11) is -3.16. The van der Waals surface area contributed by atoms with Crippen molar-refractivity contribution in [3.05, 3.63) is 41.1 Å². The van der Waals surface area contributed by atoms with Crippen LogP contribution in [0, 0.1) is 0 Å². The molecule has 7 heteroatoms. The van der Waals surface area contributed by atoms with Gasteiger partial charge in [-0.15, -0.1) is 0 Å². The maximum absolute atomic E-state index is 11.9. The van der Waals surface area contributed by atoms with E-state index in [0.717, 1.165) is 5.41 Å². The Labute approximate surface area is 105 Å². The summed E-state index contributed by atoms with van der Waals surface area (Å²) in [5.41, 5.74) is 6.46. The Hall–Kier alpha value is -1.73. The highest BCUT2D eigenvalue weighted by Crippen LogP contribution is 2.09. The molecule has 1 aromatic heterocycles. The number of carbonyl (C=O) groups excluding carboxylic acids is 1. The average Bonchev–Trinajstić information content (AvgIpc) is 2.68. The molecule has 2 heterocycles. The molecule has 1 aromatic rings. The first kappa shape index (κ1) is 12.7. The quantitative estimate of drug-likeness (QED) is 0.774. The van der Waals surface area contributed by atoms with Gasteiger partial charge in [0.2, 0.25) is 0 Å². The Morgan fingerprint density at radius 2 is 2.33 bits per heavy atom. The van der Waals surface area contributed by atoms with Gasteiger partial charge in [-0.05, 0) is 18.2 Å². The maximum Gasteiger partial charge on any atom is 0.251 e. The van der Waals surface area contributed by atoms with E-state index >= 15 is 0 Å². The van der Waals surface area contributed by atoms with Gasteiger partial charge in [0.1, 0.15) is 0 Å². The number of aromatic nitrogens is 1. The van der Waals surface area contributed by atoms with E-state index in [1.807, 2.05) is 0 Å². The van der Waals surface area contributed by atoms with Gasteiger partial charge in [-0.3, -0.25) is 9.78 Å². The molecule has 18 heavy (non-hydrogen) atoms. The molecule has 1 atom stereocenters. The molecule has 1 unspecified atom stereocenters. The van der Waals surface area contributed by atoms with Crippen LogP contribution >= 0.6 is 0 Å². The average molecular weight is 267 g/mol. The standard InChI is InChI=1S/C11H13N3O3S/c12-6-10-5-8(1-3-13-10)11(15)14-9-2-4-18(16,17)7-9/h1-5,9H,6-7,12H2,(H,14,15). The van der Waals surface area contributed by atoms with Crippen LogP contribution < -0.4 is 11.1 Å². The highest BCUT2D eigenvalue weighted by molar-refractivity contribution is 7.94. The van der Waals surface area contributed by atoms with Crippen LogP contribution in [0.25, 0.3) is 0 Å². The van der Waals surface area contributed by atoms with Gasteiger partial charge < -0.3 is 11.1 Å². The van der Waals surface area contributed by atoms with Crippen LogP contribution in [0.2, 0.25) is 0 Å². The van der Waals surface area contributed by atoms with E-state index in [4.69, 9.17) is 5.73 Å². The van der Waals surface area contributed by atoms with E-state index in [1.54, 1.807) is 12.1 Å². The number of nitrogens with two attached hydrogens (primary N) is 1. The summed E-state index contributed by atoms with van der Waals surface area (Å²) < 4.78 is 22.4. The molecule has 1 amide bonds. The Morgan fingerprint density at radius 3 is 2.94 bits per heavy atom. The van der Waals surface area contributed by atoms with E-state index in [9.17, 15) is 13.2 Å². The van der Waals surface area contributed by atoms with Crippen LogP contribution in [-0.4, -0.2) is 31.1 Å². The zero-order chi connectivity index (χ0) is 13.2. The number of amides is 1. The lowest BCUT2D eigenvalue weighted by Gasteiger charge is -2.10.